The molecule has 0 aromatic carbocycles. The predicted octanol–water partition coefficient (Wildman–Crippen LogP) is -0.881. The number of nitrogens with zero attached hydrogens (tertiary/aromatic N) is 2. The third kappa shape index (κ3) is 3.35. The topological polar surface area (TPSA) is 131 Å². The Hall–Kier alpha value is -1.96. The molecule has 8 heteroatoms. The third-order valence-electron chi connectivity index (χ3n) is 1.49. The summed E-state index contributed by atoms with van der Waals surface area (Å²) in [5, 5.41) is 17.6. The van der Waals surface area contributed by atoms with E-state index in [1.165, 1.54) is 0 Å². The van der Waals surface area contributed by atoms with Crippen LogP contribution in [0.4, 0.5) is 6.01 Å². The average Bonchev–Trinajstić information content (AvgIpc) is 2.50. The fraction of sp³-hybridized carbons (Fsp3) is 0.429. The van der Waals surface area contributed by atoms with Crippen LogP contribution in [-0.2, 0) is 9.59 Å². The highest BCUT2D eigenvalue weighted by atomic mass is 16.4. The van der Waals surface area contributed by atoms with Gasteiger partial charge in [-0.3, -0.25) is 14.9 Å². The summed E-state index contributed by atoms with van der Waals surface area (Å²) >= 11 is 0. The highest BCUT2D eigenvalue weighted by Gasteiger charge is 2.18. The first-order valence-electron chi connectivity index (χ1n) is 4.07. The molecule has 1 unspecified atom stereocenters. The molecule has 4 N–H and O–H groups in total. The van der Waals surface area contributed by atoms with Gasteiger partial charge >= 0.3 is 12.0 Å². The fourth-order valence-corrected chi connectivity index (χ4v) is 0.826. The molecule has 0 saturated carbocycles. The van der Waals surface area contributed by atoms with Crippen LogP contribution in [0.2, 0.25) is 0 Å². The van der Waals surface area contributed by atoms with Crippen molar-refractivity contribution in [1.29, 1.82) is 0 Å². The van der Waals surface area contributed by atoms with Gasteiger partial charge in [-0.2, -0.15) is 0 Å². The van der Waals surface area contributed by atoms with Crippen molar-refractivity contribution in [2.45, 2.75) is 19.4 Å². The van der Waals surface area contributed by atoms with E-state index in [2.05, 4.69) is 15.5 Å². The standard InChI is InChI=1S/C7H10N4O4/c1-3-10-11-7(15-3)9-6(14)4(8)2-5(12)13/h4H,2,8H2,1H3,(H,12,13)(H,9,11,14). The van der Waals surface area contributed by atoms with Crippen LogP contribution in [0, 0.1) is 6.92 Å². The number of rotatable bonds is 4. The second-order valence-corrected chi connectivity index (χ2v) is 2.82. The Kier molecular flexibility index (Phi) is 3.34. The van der Waals surface area contributed by atoms with E-state index in [1.54, 1.807) is 6.92 Å². The first kappa shape index (κ1) is 11.1. The summed E-state index contributed by atoms with van der Waals surface area (Å²) in [7, 11) is 0. The lowest BCUT2D eigenvalue weighted by Crippen LogP contribution is -2.37. The Balaban J connectivity index is 2.52. The fourth-order valence-electron chi connectivity index (χ4n) is 0.826. The van der Waals surface area contributed by atoms with Gasteiger partial charge in [0.15, 0.2) is 0 Å². The number of carbonyl (C=O) groups excluding carboxylic acids is 1. The SMILES string of the molecule is Cc1nnc(NC(=O)C(N)CC(=O)O)o1. The van der Waals surface area contributed by atoms with Gasteiger partial charge < -0.3 is 15.3 Å². The highest BCUT2D eigenvalue weighted by molar-refractivity contribution is 5.95. The molecule has 0 radical (unpaired) electrons. The molecular weight excluding hydrogens is 204 g/mol. The minimum atomic E-state index is -1.15. The normalized spacial score (nSPS) is 12.1. The van der Waals surface area contributed by atoms with E-state index in [0.29, 0.717) is 0 Å². The van der Waals surface area contributed by atoms with Crippen LogP contribution in [0.15, 0.2) is 4.42 Å². The summed E-state index contributed by atoms with van der Waals surface area (Å²) in [6.07, 6.45) is -0.459. The van der Waals surface area contributed by atoms with Gasteiger partial charge in [-0.15, -0.1) is 5.10 Å². The van der Waals surface area contributed by atoms with Gasteiger partial charge in [0, 0.05) is 6.92 Å². The lowest BCUT2D eigenvalue weighted by atomic mass is 10.2. The number of aliphatic carboxylic acids is 1. The van der Waals surface area contributed by atoms with Crippen LogP contribution in [0.3, 0.4) is 0 Å². The average molecular weight is 214 g/mol. The Morgan fingerprint density at radius 2 is 2.27 bits per heavy atom. The number of aryl methyl sites for hydroxylation is 1. The zero-order valence-corrected chi connectivity index (χ0v) is 7.93. The number of carbonyl (C=O) groups is 2. The number of carboxylic acid groups (broad SMARTS) is 1. The Morgan fingerprint density at radius 3 is 2.73 bits per heavy atom. The molecule has 1 aromatic heterocycles. The molecule has 82 valence electrons. The maximum atomic E-state index is 11.2. The highest BCUT2D eigenvalue weighted by Crippen LogP contribution is 2.04. The smallest absolute Gasteiger partial charge is 0.322 e. The number of nitrogens with one attached hydrogen (secondary N) is 1. The number of aromatic nitrogens is 2. The van der Waals surface area contributed by atoms with Crippen molar-refractivity contribution in [3.05, 3.63) is 5.89 Å². The Labute approximate surface area is 84.5 Å². The molecule has 0 aliphatic carbocycles. The van der Waals surface area contributed by atoms with E-state index in [4.69, 9.17) is 15.3 Å². The number of nitrogens with two attached hydrogens (primary N) is 1. The van der Waals surface area contributed by atoms with Gasteiger partial charge in [0.2, 0.25) is 11.8 Å². The van der Waals surface area contributed by atoms with E-state index >= 15 is 0 Å². The number of anilines is 1. The molecule has 8 nitrogen and oxygen atoms in total. The monoisotopic (exact) mass is 214 g/mol. The molecule has 1 rings (SSSR count). The molecule has 0 spiro atoms. The zero-order valence-electron chi connectivity index (χ0n) is 7.93. The molecule has 1 amide bonds. The summed E-state index contributed by atoms with van der Waals surface area (Å²) in [4.78, 5) is 21.5. The van der Waals surface area contributed by atoms with Crippen molar-refractivity contribution in [2.75, 3.05) is 5.32 Å². The predicted molar refractivity (Wildman–Crippen MR) is 47.9 cm³/mol. The molecule has 0 aliphatic heterocycles. The van der Waals surface area contributed by atoms with Crippen molar-refractivity contribution in [1.82, 2.24) is 10.2 Å². The summed E-state index contributed by atoms with van der Waals surface area (Å²) < 4.78 is 4.85. The summed E-state index contributed by atoms with van der Waals surface area (Å²) in [5.41, 5.74) is 5.29. The van der Waals surface area contributed by atoms with Crippen LogP contribution < -0.4 is 11.1 Å². The first-order valence-corrected chi connectivity index (χ1v) is 4.07. The lowest BCUT2D eigenvalue weighted by Gasteiger charge is -2.06. The quantitative estimate of drug-likeness (QED) is 0.592. The number of carboxylic acids is 1. The molecule has 0 saturated heterocycles. The first-order chi connectivity index (χ1) is 6.99. The number of amides is 1. The van der Waals surface area contributed by atoms with Crippen molar-refractivity contribution < 1.29 is 19.1 Å². The second-order valence-electron chi connectivity index (χ2n) is 2.82. The van der Waals surface area contributed by atoms with Crippen LogP contribution in [0.25, 0.3) is 0 Å². The second kappa shape index (κ2) is 4.51. The van der Waals surface area contributed by atoms with Gasteiger partial charge in [0.25, 0.3) is 0 Å². The van der Waals surface area contributed by atoms with Gasteiger partial charge in [-0.1, -0.05) is 5.10 Å². The van der Waals surface area contributed by atoms with E-state index in [0.717, 1.165) is 0 Å². The largest absolute Gasteiger partial charge is 0.481 e. The molecule has 0 bridgehead atoms. The van der Waals surface area contributed by atoms with Crippen LogP contribution >= 0.6 is 0 Å². The minimum absolute atomic E-state index is 0.0988. The van der Waals surface area contributed by atoms with Crippen molar-refractivity contribution in [3.63, 3.8) is 0 Å². The van der Waals surface area contributed by atoms with Crippen molar-refractivity contribution in [2.24, 2.45) is 5.73 Å². The molecule has 0 aliphatic rings. The Bertz CT molecular complexity index is 375. The molecular formula is C7H10N4O4. The molecule has 15 heavy (non-hydrogen) atoms. The van der Waals surface area contributed by atoms with E-state index in [9.17, 15) is 9.59 Å². The maximum absolute atomic E-state index is 11.2. The maximum Gasteiger partial charge on any atom is 0.322 e. The molecule has 1 heterocycles. The number of hydrogen-bond donors (Lipinski definition) is 3. The summed E-state index contributed by atoms with van der Waals surface area (Å²) in [6, 6.07) is -1.24. The van der Waals surface area contributed by atoms with E-state index < -0.39 is 24.3 Å². The van der Waals surface area contributed by atoms with E-state index in [-0.39, 0.29) is 11.9 Å². The third-order valence-corrected chi connectivity index (χ3v) is 1.49. The number of hydrogen-bond acceptors (Lipinski definition) is 6. The van der Waals surface area contributed by atoms with Crippen molar-refractivity contribution >= 4 is 17.9 Å². The molecule has 0 fully saturated rings. The van der Waals surface area contributed by atoms with Gasteiger partial charge in [-0.05, 0) is 0 Å². The zero-order chi connectivity index (χ0) is 11.4. The van der Waals surface area contributed by atoms with Gasteiger partial charge in [0.1, 0.15) is 0 Å². The summed E-state index contributed by atoms with van der Waals surface area (Å²) in [6.45, 7) is 1.56. The summed E-state index contributed by atoms with van der Waals surface area (Å²) in [5.74, 6) is -1.54. The van der Waals surface area contributed by atoms with Crippen LogP contribution in [0.5, 0.6) is 0 Å². The van der Waals surface area contributed by atoms with E-state index in [1.807, 2.05) is 0 Å². The van der Waals surface area contributed by atoms with Crippen LogP contribution in [-0.4, -0.2) is 33.2 Å². The molecule has 1 atom stereocenters. The lowest BCUT2D eigenvalue weighted by molar-refractivity contribution is -0.138. The minimum Gasteiger partial charge on any atom is -0.481 e. The van der Waals surface area contributed by atoms with Crippen LogP contribution in [0.1, 0.15) is 12.3 Å². The van der Waals surface area contributed by atoms with Gasteiger partial charge in [0.05, 0.1) is 12.5 Å². The van der Waals surface area contributed by atoms with Gasteiger partial charge in [-0.25, -0.2) is 0 Å². The molecule has 1 aromatic rings. The van der Waals surface area contributed by atoms with Crippen molar-refractivity contribution in [3.8, 4) is 0 Å². The Morgan fingerprint density at radius 1 is 1.60 bits per heavy atom.